The number of rotatable bonds is 5. The summed E-state index contributed by atoms with van der Waals surface area (Å²) in [5.74, 6) is 0.979. The molecule has 0 heterocycles. The Hall–Kier alpha value is -2.69. The second kappa shape index (κ2) is 8.33. The van der Waals surface area contributed by atoms with E-state index in [1.807, 2.05) is 42.5 Å². The first kappa shape index (κ1) is 19.1. The van der Waals surface area contributed by atoms with Crippen LogP contribution in [0.5, 0.6) is 17.2 Å². The summed E-state index contributed by atoms with van der Waals surface area (Å²) in [5, 5.41) is 0.417. The summed E-state index contributed by atoms with van der Waals surface area (Å²) in [4.78, 5) is 11.7. The second-order valence-corrected chi connectivity index (χ2v) is 6.41. The van der Waals surface area contributed by atoms with Gasteiger partial charge >= 0.3 is 5.97 Å². The number of carbonyl (C=O) groups excluding carboxylic acids is 1. The molecule has 0 spiro atoms. The van der Waals surface area contributed by atoms with Crippen LogP contribution in [-0.2, 0) is 4.74 Å². The molecule has 6 heteroatoms. The molecule has 0 aliphatic heterocycles. The van der Waals surface area contributed by atoms with Crippen LogP contribution in [0.2, 0.25) is 10.0 Å². The molecular formula is C21H16Cl2O4. The monoisotopic (exact) mass is 402 g/mol. The minimum Gasteiger partial charge on any atom is -0.496 e. The van der Waals surface area contributed by atoms with Crippen LogP contribution in [0, 0.1) is 0 Å². The van der Waals surface area contributed by atoms with E-state index in [1.165, 1.54) is 19.2 Å². The second-order valence-electron chi connectivity index (χ2n) is 5.59. The van der Waals surface area contributed by atoms with Crippen LogP contribution in [0.1, 0.15) is 10.4 Å². The molecule has 0 N–H and O–H groups in total. The van der Waals surface area contributed by atoms with E-state index in [1.54, 1.807) is 13.2 Å². The number of hydrogen-bond acceptors (Lipinski definition) is 4. The van der Waals surface area contributed by atoms with Crippen LogP contribution < -0.4 is 9.47 Å². The van der Waals surface area contributed by atoms with Crippen molar-refractivity contribution in [2.45, 2.75) is 0 Å². The van der Waals surface area contributed by atoms with Gasteiger partial charge in [-0.3, -0.25) is 0 Å². The van der Waals surface area contributed by atoms with Crippen molar-refractivity contribution in [1.82, 2.24) is 0 Å². The summed E-state index contributed by atoms with van der Waals surface area (Å²) < 4.78 is 16.0. The van der Waals surface area contributed by atoms with Gasteiger partial charge in [0.05, 0.1) is 29.8 Å². The molecule has 138 valence electrons. The van der Waals surface area contributed by atoms with Gasteiger partial charge in [-0.05, 0) is 35.9 Å². The van der Waals surface area contributed by atoms with Crippen molar-refractivity contribution in [3.05, 3.63) is 76.3 Å². The topological polar surface area (TPSA) is 44.8 Å². The average Bonchev–Trinajstić information content (AvgIpc) is 2.70. The quantitative estimate of drug-likeness (QED) is 0.473. The van der Waals surface area contributed by atoms with E-state index in [0.29, 0.717) is 11.5 Å². The Morgan fingerprint density at radius 3 is 2.15 bits per heavy atom. The minimum absolute atomic E-state index is 0.208. The highest BCUT2D eigenvalue weighted by Crippen LogP contribution is 2.40. The number of esters is 1. The number of benzene rings is 3. The maximum atomic E-state index is 11.7. The van der Waals surface area contributed by atoms with Crippen molar-refractivity contribution in [3.63, 3.8) is 0 Å². The molecule has 3 rings (SSSR count). The number of carbonyl (C=O) groups is 1. The molecule has 0 bridgehead atoms. The van der Waals surface area contributed by atoms with E-state index in [4.69, 9.17) is 32.7 Å². The summed E-state index contributed by atoms with van der Waals surface area (Å²) in [6, 6.07) is 18.1. The normalized spacial score (nSPS) is 10.4. The molecular weight excluding hydrogens is 387 g/mol. The third-order valence-corrected chi connectivity index (χ3v) is 4.46. The summed E-state index contributed by atoms with van der Waals surface area (Å²) in [5.41, 5.74) is 2.10. The van der Waals surface area contributed by atoms with E-state index >= 15 is 0 Å². The van der Waals surface area contributed by atoms with Gasteiger partial charge in [0.15, 0.2) is 5.75 Å². The highest BCUT2D eigenvalue weighted by molar-refractivity contribution is 6.37. The fourth-order valence-electron chi connectivity index (χ4n) is 2.60. The lowest BCUT2D eigenvalue weighted by Crippen LogP contribution is -2.01. The SMILES string of the molecule is COC(=O)c1cc(Cl)c(Oc2ccc(OC)c(-c3ccccc3)c2)c(Cl)c1. The van der Waals surface area contributed by atoms with Crippen LogP contribution in [0.4, 0.5) is 0 Å². The van der Waals surface area contributed by atoms with Gasteiger partial charge in [0.25, 0.3) is 0 Å². The predicted molar refractivity (Wildman–Crippen MR) is 106 cm³/mol. The molecule has 3 aromatic carbocycles. The number of halogens is 2. The largest absolute Gasteiger partial charge is 0.496 e. The highest BCUT2D eigenvalue weighted by Gasteiger charge is 2.16. The first-order chi connectivity index (χ1) is 13.0. The van der Waals surface area contributed by atoms with Gasteiger partial charge in [0.1, 0.15) is 11.5 Å². The molecule has 0 saturated heterocycles. The minimum atomic E-state index is -0.527. The van der Waals surface area contributed by atoms with Crippen molar-refractivity contribution in [1.29, 1.82) is 0 Å². The van der Waals surface area contributed by atoms with Crippen molar-refractivity contribution in [3.8, 4) is 28.4 Å². The lowest BCUT2D eigenvalue weighted by molar-refractivity contribution is 0.0600. The Labute approximate surface area is 167 Å². The van der Waals surface area contributed by atoms with E-state index in [2.05, 4.69) is 4.74 Å². The standard InChI is InChI=1S/C21H16Cl2O4/c1-25-19-9-8-15(12-16(19)13-6-4-3-5-7-13)27-20-17(22)10-14(11-18(20)23)21(24)26-2/h3-12H,1-2H3. The molecule has 0 aliphatic rings. The van der Waals surface area contributed by atoms with Crippen molar-refractivity contribution in [2.24, 2.45) is 0 Å². The van der Waals surface area contributed by atoms with Gasteiger partial charge in [-0.2, -0.15) is 0 Å². The molecule has 3 aromatic rings. The average molecular weight is 403 g/mol. The number of hydrogen-bond donors (Lipinski definition) is 0. The molecule has 0 unspecified atom stereocenters. The summed E-state index contributed by atoms with van der Waals surface area (Å²) in [6.45, 7) is 0. The molecule has 0 aliphatic carbocycles. The van der Waals surface area contributed by atoms with Crippen LogP contribution in [0.25, 0.3) is 11.1 Å². The van der Waals surface area contributed by atoms with Crippen molar-refractivity contribution in [2.75, 3.05) is 14.2 Å². The smallest absolute Gasteiger partial charge is 0.337 e. The van der Waals surface area contributed by atoms with Gasteiger partial charge < -0.3 is 14.2 Å². The molecule has 0 saturated carbocycles. The van der Waals surface area contributed by atoms with Gasteiger partial charge in [-0.25, -0.2) is 4.79 Å². The van der Waals surface area contributed by atoms with Gasteiger partial charge in [0.2, 0.25) is 0 Å². The highest BCUT2D eigenvalue weighted by atomic mass is 35.5. The number of ether oxygens (including phenoxy) is 3. The molecule has 0 fully saturated rings. The Morgan fingerprint density at radius 1 is 0.889 bits per heavy atom. The third kappa shape index (κ3) is 4.18. The molecule has 0 radical (unpaired) electrons. The summed E-state index contributed by atoms with van der Waals surface area (Å²) in [7, 11) is 2.90. The van der Waals surface area contributed by atoms with Crippen molar-refractivity contribution < 1.29 is 19.0 Å². The molecule has 4 nitrogen and oxygen atoms in total. The lowest BCUT2D eigenvalue weighted by atomic mass is 10.0. The van der Waals surface area contributed by atoms with Crippen LogP contribution in [-0.4, -0.2) is 20.2 Å². The Morgan fingerprint density at radius 2 is 1.56 bits per heavy atom. The zero-order valence-electron chi connectivity index (χ0n) is 14.7. The van der Waals surface area contributed by atoms with E-state index in [9.17, 15) is 4.79 Å². The zero-order valence-corrected chi connectivity index (χ0v) is 16.2. The molecule has 27 heavy (non-hydrogen) atoms. The molecule has 0 atom stereocenters. The maximum absolute atomic E-state index is 11.7. The van der Waals surface area contributed by atoms with E-state index in [-0.39, 0.29) is 21.4 Å². The Kier molecular flexibility index (Phi) is 5.89. The predicted octanol–water partition coefficient (Wildman–Crippen LogP) is 6.25. The van der Waals surface area contributed by atoms with Crippen LogP contribution >= 0.6 is 23.2 Å². The van der Waals surface area contributed by atoms with E-state index < -0.39 is 5.97 Å². The van der Waals surface area contributed by atoms with Gasteiger partial charge in [-0.15, -0.1) is 0 Å². The fraction of sp³-hybridized carbons (Fsp3) is 0.0952. The maximum Gasteiger partial charge on any atom is 0.337 e. The van der Waals surface area contributed by atoms with Crippen LogP contribution in [0.15, 0.2) is 60.7 Å². The summed E-state index contributed by atoms with van der Waals surface area (Å²) >= 11 is 12.5. The Balaban J connectivity index is 1.98. The molecule has 0 aromatic heterocycles. The first-order valence-corrected chi connectivity index (χ1v) is 8.77. The fourth-order valence-corrected chi connectivity index (χ4v) is 3.17. The number of methoxy groups -OCH3 is 2. The lowest BCUT2D eigenvalue weighted by Gasteiger charge is -2.14. The third-order valence-electron chi connectivity index (χ3n) is 3.90. The van der Waals surface area contributed by atoms with Gasteiger partial charge in [0, 0.05) is 5.56 Å². The zero-order chi connectivity index (χ0) is 19.4. The van der Waals surface area contributed by atoms with Gasteiger partial charge in [-0.1, -0.05) is 53.5 Å². The van der Waals surface area contributed by atoms with Crippen molar-refractivity contribution >= 4 is 29.2 Å². The van der Waals surface area contributed by atoms with Crippen LogP contribution in [0.3, 0.4) is 0 Å². The Bertz CT molecular complexity index is 948. The summed E-state index contributed by atoms with van der Waals surface area (Å²) in [6.07, 6.45) is 0. The molecule has 0 amide bonds. The first-order valence-electron chi connectivity index (χ1n) is 8.02. The van der Waals surface area contributed by atoms with E-state index in [0.717, 1.165) is 11.1 Å².